The highest BCUT2D eigenvalue weighted by molar-refractivity contribution is 5.96. The largest absolute Gasteiger partial charge is 0.488 e. The first-order chi connectivity index (χ1) is 16.0. The smallest absolute Gasteiger partial charge is 0.347 e. The predicted octanol–water partition coefficient (Wildman–Crippen LogP) is 6.09. The lowest BCUT2D eigenvalue weighted by atomic mass is 9.90. The average molecular weight is 448 g/mol. The molecular formula is C28H30FNO3. The van der Waals surface area contributed by atoms with Gasteiger partial charge in [0.2, 0.25) is 0 Å². The number of benzene rings is 3. The molecule has 0 bridgehead atoms. The van der Waals surface area contributed by atoms with Gasteiger partial charge in [-0.3, -0.25) is 4.90 Å². The van der Waals surface area contributed by atoms with Crippen LogP contribution in [0, 0.1) is 12.7 Å². The van der Waals surface area contributed by atoms with E-state index in [-0.39, 0.29) is 16.9 Å². The molecule has 0 fully saturated rings. The molecule has 4 nitrogen and oxygen atoms in total. The summed E-state index contributed by atoms with van der Waals surface area (Å²) in [5.41, 5.74) is 2.81. The molecule has 1 unspecified atom stereocenters. The Morgan fingerprint density at radius 2 is 1.73 bits per heavy atom. The van der Waals surface area contributed by atoms with Crippen LogP contribution in [0.4, 0.5) is 4.39 Å². The van der Waals surface area contributed by atoms with Crippen molar-refractivity contribution in [2.75, 3.05) is 6.54 Å². The van der Waals surface area contributed by atoms with E-state index in [1.165, 1.54) is 0 Å². The normalized spacial score (nSPS) is 14.4. The van der Waals surface area contributed by atoms with Gasteiger partial charge in [0.25, 0.3) is 0 Å². The Morgan fingerprint density at radius 3 is 2.39 bits per heavy atom. The summed E-state index contributed by atoms with van der Waals surface area (Å²) in [7, 11) is 0. The molecule has 172 valence electrons. The molecule has 0 saturated heterocycles. The molecular weight excluding hydrogens is 417 g/mol. The minimum Gasteiger partial charge on any atom is -0.488 e. The number of carbonyl (C=O) groups excluding carboxylic acids is 1. The zero-order valence-electron chi connectivity index (χ0n) is 19.4. The van der Waals surface area contributed by atoms with Crippen LogP contribution in [0.2, 0.25) is 0 Å². The summed E-state index contributed by atoms with van der Waals surface area (Å²) < 4.78 is 27.5. The van der Waals surface area contributed by atoms with Crippen LogP contribution >= 0.6 is 0 Å². The average Bonchev–Trinajstić information content (AvgIpc) is 2.85. The van der Waals surface area contributed by atoms with E-state index in [1.54, 1.807) is 31.2 Å². The number of hydrogen-bond donors (Lipinski definition) is 0. The monoisotopic (exact) mass is 447 g/mol. The summed E-state index contributed by atoms with van der Waals surface area (Å²) >= 11 is 0. The van der Waals surface area contributed by atoms with Crippen LogP contribution in [-0.2, 0) is 19.6 Å². The Balaban J connectivity index is 1.75. The maximum atomic E-state index is 15.6. The molecule has 0 aliphatic carbocycles. The first kappa shape index (κ1) is 23.0. The summed E-state index contributed by atoms with van der Waals surface area (Å²) in [6, 6.07) is 19.0. The van der Waals surface area contributed by atoms with E-state index in [2.05, 4.69) is 18.7 Å². The second-order valence-electron chi connectivity index (χ2n) is 8.55. The van der Waals surface area contributed by atoms with Gasteiger partial charge in [0.05, 0.1) is 0 Å². The van der Waals surface area contributed by atoms with Crippen LogP contribution in [0.5, 0.6) is 11.5 Å². The van der Waals surface area contributed by atoms with E-state index in [0.717, 1.165) is 24.1 Å². The predicted molar refractivity (Wildman–Crippen MR) is 127 cm³/mol. The van der Waals surface area contributed by atoms with Crippen molar-refractivity contribution in [3.05, 3.63) is 94.3 Å². The summed E-state index contributed by atoms with van der Waals surface area (Å²) in [6.45, 7) is 7.52. The van der Waals surface area contributed by atoms with Crippen molar-refractivity contribution < 1.29 is 18.7 Å². The van der Waals surface area contributed by atoms with Gasteiger partial charge in [-0.05, 0) is 44.4 Å². The first-order valence-corrected chi connectivity index (χ1v) is 11.5. The van der Waals surface area contributed by atoms with Crippen molar-refractivity contribution in [3.8, 4) is 11.5 Å². The van der Waals surface area contributed by atoms with Crippen LogP contribution < -0.4 is 9.47 Å². The van der Waals surface area contributed by atoms with Crippen LogP contribution in [0.1, 0.15) is 52.9 Å². The van der Waals surface area contributed by atoms with E-state index in [4.69, 9.17) is 9.47 Å². The van der Waals surface area contributed by atoms with Gasteiger partial charge in [0.15, 0.2) is 0 Å². The molecule has 0 amide bonds. The van der Waals surface area contributed by atoms with Crippen LogP contribution in [0.25, 0.3) is 0 Å². The third-order valence-electron chi connectivity index (χ3n) is 6.44. The fraction of sp³-hybridized carbons (Fsp3) is 0.321. The van der Waals surface area contributed by atoms with Crippen LogP contribution in [0.15, 0.2) is 60.7 Å². The number of halogens is 1. The Labute approximate surface area is 195 Å². The third-order valence-corrected chi connectivity index (χ3v) is 6.44. The number of nitrogens with zero attached hydrogens (tertiary/aromatic N) is 1. The van der Waals surface area contributed by atoms with Gasteiger partial charge in [-0.25, -0.2) is 9.18 Å². The minimum absolute atomic E-state index is 0.169. The summed E-state index contributed by atoms with van der Waals surface area (Å²) in [6.07, 6.45) is 1.61. The van der Waals surface area contributed by atoms with Crippen molar-refractivity contribution in [2.45, 2.75) is 52.8 Å². The zero-order valence-corrected chi connectivity index (χ0v) is 19.4. The number of rotatable bonds is 7. The molecule has 0 saturated carbocycles. The van der Waals surface area contributed by atoms with E-state index in [9.17, 15) is 4.79 Å². The molecule has 0 N–H and O–H groups in total. The lowest BCUT2D eigenvalue weighted by Gasteiger charge is -2.35. The van der Waals surface area contributed by atoms with Crippen molar-refractivity contribution in [1.29, 1.82) is 0 Å². The lowest BCUT2D eigenvalue weighted by molar-refractivity contribution is 0.0727. The second kappa shape index (κ2) is 10.2. The van der Waals surface area contributed by atoms with Gasteiger partial charge in [-0.15, -0.1) is 0 Å². The molecule has 1 heterocycles. The van der Waals surface area contributed by atoms with Gasteiger partial charge in [-0.2, -0.15) is 0 Å². The maximum absolute atomic E-state index is 15.6. The Bertz CT molecular complexity index is 1120. The van der Waals surface area contributed by atoms with Gasteiger partial charge < -0.3 is 9.47 Å². The molecule has 4 rings (SSSR count). The van der Waals surface area contributed by atoms with E-state index in [0.29, 0.717) is 42.7 Å². The van der Waals surface area contributed by atoms with Gasteiger partial charge >= 0.3 is 5.97 Å². The summed E-state index contributed by atoms with van der Waals surface area (Å²) in [4.78, 5) is 15.5. The molecule has 0 radical (unpaired) electrons. The highest BCUT2D eigenvalue weighted by Gasteiger charge is 2.32. The molecule has 1 aliphatic heterocycles. The molecule has 33 heavy (non-hydrogen) atoms. The number of ether oxygens (including phenoxy) is 2. The Hall–Kier alpha value is -3.18. The maximum Gasteiger partial charge on any atom is 0.347 e. The number of para-hydroxylation sites is 1. The molecule has 5 heteroatoms. The van der Waals surface area contributed by atoms with E-state index >= 15 is 4.39 Å². The van der Waals surface area contributed by atoms with Gasteiger partial charge in [0.1, 0.15) is 29.5 Å². The molecule has 1 aliphatic rings. The highest BCUT2D eigenvalue weighted by atomic mass is 19.1. The summed E-state index contributed by atoms with van der Waals surface area (Å²) in [5.74, 6) is -0.0904. The standard InChI is InChI=1S/C28H30FNO3/c1-4-19(2)30-16-15-23-24(17-30)26(29)20(3)25(28(31)33-22-13-9-6-10-14-22)27(23)32-18-21-11-7-5-8-12-21/h5-14,19H,4,15-18H2,1-3H3. The quantitative estimate of drug-likeness (QED) is 0.325. The number of carbonyl (C=O) groups is 1. The second-order valence-corrected chi connectivity index (χ2v) is 8.55. The Morgan fingerprint density at radius 1 is 1.06 bits per heavy atom. The molecule has 0 aromatic heterocycles. The fourth-order valence-electron chi connectivity index (χ4n) is 4.31. The summed E-state index contributed by atoms with van der Waals surface area (Å²) in [5, 5.41) is 0. The lowest BCUT2D eigenvalue weighted by Crippen LogP contribution is -2.38. The molecule has 0 spiro atoms. The van der Waals surface area contributed by atoms with E-state index < -0.39 is 5.97 Å². The topological polar surface area (TPSA) is 38.8 Å². The van der Waals surface area contributed by atoms with E-state index in [1.807, 2.05) is 36.4 Å². The third kappa shape index (κ3) is 4.93. The molecule has 1 atom stereocenters. The number of hydrogen-bond acceptors (Lipinski definition) is 4. The van der Waals surface area contributed by atoms with Gasteiger partial charge in [0, 0.05) is 35.8 Å². The van der Waals surface area contributed by atoms with Crippen molar-refractivity contribution in [2.24, 2.45) is 0 Å². The minimum atomic E-state index is -0.604. The van der Waals surface area contributed by atoms with Crippen LogP contribution in [-0.4, -0.2) is 23.5 Å². The van der Waals surface area contributed by atoms with Crippen molar-refractivity contribution in [1.82, 2.24) is 4.90 Å². The Kier molecular flexibility index (Phi) is 7.09. The fourth-order valence-corrected chi connectivity index (χ4v) is 4.31. The zero-order chi connectivity index (χ0) is 23.4. The molecule has 3 aromatic carbocycles. The van der Waals surface area contributed by atoms with Crippen molar-refractivity contribution >= 4 is 5.97 Å². The van der Waals surface area contributed by atoms with Gasteiger partial charge in [-0.1, -0.05) is 55.5 Å². The SMILES string of the molecule is CCC(C)N1CCc2c(c(F)c(C)c(C(=O)Oc3ccccc3)c2OCc2ccccc2)C1. The van der Waals surface area contributed by atoms with Crippen LogP contribution in [0.3, 0.4) is 0 Å². The highest BCUT2D eigenvalue weighted by Crippen LogP contribution is 2.38. The first-order valence-electron chi connectivity index (χ1n) is 11.5. The molecule has 3 aromatic rings. The number of esters is 1. The van der Waals surface area contributed by atoms with Crippen molar-refractivity contribution in [3.63, 3.8) is 0 Å². The number of fused-ring (bicyclic) bond motifs is 1.